The summed E-state index contributed by atoms with van der Waals surface area (Å²) in [6.07, 6.45) is 2.05. The van der Waals surface area contributed by atoms with Crippen molar-refractivity contribution in [3.63, 3.8) is 0 Å². The van der Waals surface area contributed by atoms with Crippen LogP contribution in [0.1, 0.15) is 30.5 Å². The Bertz CT molecular complexity index is 995. The Morgan fingerprint density at radius 1 is 1.19 bits per heavy atom. The lowest BCUT2D eigenvalue weighted by Crippen LogP contribution is -2.34. The van der Waals surface area contributed by atoms with Crippen molar-refractivity contribution in [3.05, 3.63) is 69.5 Å². The molecule has 0 saturated carbocycles. The van der Waals surface area contributed by atoms with Crippen LogP contribution in [0.3, 0.4) is 0 Å². The molecule has 0 radical (unpaired) electrons. The van der Waals surface area contributed by atoms with Crippen LogP contribution in [0.5, 0.6) is 11.5 Å². The van der Waals surface area contributed by atoms with E-state index in [1.165, 1.54) is 0 Å². The van der Waals surface area contributed by atoms with Gasteiger partial charge in [0.05, 0.1) is 11.2 Å². The van der Waals surface area contributed by atoms with Crippen LogP contribution in [0.4, 0.5) is 0 Å². The van der Waals surface area contributed by atoms with Crippen molar-refractivity contribution in [2.45, 2.75) is 24.9 Å². The summed E-state index contributed by atoms with van der Waals surface area (Å²) in [6, 6.07) is 11.9. The Labute approximate surface area is 161 Å². The van der Waals surface area contributed by atoms with E-state index in [1.807, 2.05) is 36.4 Å². The van der Waals surface area contributed by atoms with Crippen molar-refractivity contribution in [2.75, 3.05) is 6.54 Å². The van der Waals surface area contributed by atoms with E-state index in [-0.39, 0.29) is 0 Å². The highest BCUT2D eigenvalue weighted by Crippen LogP contribution is 2.51. The Balaban J connectivity index is 1.92. The van der Waals surface area contributed by atoms with Crippen molar-refractivity contribution in [2.24, 2.45) is 5.73 Å². The molecular weight excluding hydrogens is 392 g/mol. The van der Waals surface area contributed by atoms with Crippen LogP contribution in [-0.4, -0.2) is 17.3 Å². The van der Waals surface area contributed by atoms with Gasteiger partial charge in [0.15, 0.2) is 0 Å². The fourth-order valence-corrected chi connectivity index (χ4v) is 3.79. The fraction of sp³-hybridized carbons (Fsp3) is 0.238. The molecule has 0 aliphatic carbocycles. The number of rotatable bonds is 0. The molecule has 1 spiro atoms. The van der Waals surface area contributed by atoms with Gasteiger partial charge in [-0.3, -0.25) is 0 Å². The Kier molecular flexibility index (Phi) is 3.80. The lowest BCUT2D eigenvalue weighted by Gasteiger charge is -2.35. The van der Waals surface area contributed by atoms with Crippen LogP contribution in [0, 0.1) is 11.8 Å². The summed E-state index contributed by atoms with van der Waals surface area (Å²) in [5, 5.41) is 13.1. The molecule has 4 N–H and O–H groups in total. The lowest BCUT2D eigenvalue weighted by molar-refractivity contribution is 0.143. The van der Waals surface area contributed by atoms with Crippen LogP contribution in [0.15, 0.2) is 52.8 Å². The predicted octanol–water partition coefficient (Wildman–Crippen LogP) is 3.37. The van der Waals surface area contributed by atoms with E-state index in [1.54, 1.807) is 13.8 Å². The second kappa shape index (κ2) is 5.80. The largest absolute Gasteiger partial charge is 0.457 e. The second-order valence-electron chi connectivity index (χ2n) is 7.19. The molecule has 0 fully saturated rings. The van der Waals surface area contributed by atoms with Gasteiger partial charge in [-0.15, -0.1) is 0 Å². The molecule has 0 bridgehead atoms. The van der Waals surface area contributed by atoms with Crippen LogP contribution in [0.2, 0.25) is 0 Å². The van der Waals surface area contributed by atoms with Gasteiger partial charge in [0.25, 0.3) is 0 Å². The predicted molar refractivity (Wildman–Crippen MR) is 105 cm³/mol. The van der Waals surface area contributed by atoms with Gasteiger partial charge in [-0.05, 0) is 56.3 Å². The zero-order valence-electron chi connectivity index (χ0n) is 14.6. The number of nitrogens with one attached hydrogen (secondary N) is 1. The average molecular weight is 411 g/mol. The molecule has 0 aromatic heterocycles. The second-order valence-corrected chi connectivity index (χ2v) is 8.10. The van der Waals surface area contributed by atoms with E-state index in [9.17, 15) is 5.11 Å². The molecule has 5 heteroatoms. The highest BCUT2D eigenvalue weighted by atomic mass is 79.9. The van der Waals surface area contributed by atoms with E-state index in [4.69, 9.17) is 10.5 Å². The minimum Gasteiger partial charge on any atom is -0.457 e. The van der Waals surface area contributed by atoms with Gasteiger partial charge in [0.1, 0.15) is 17.1 Å². The molecule has 4 nitrogen and oxygen atoms in total. The van der Waals surface area contributed by atoms with Gasteiger partial charge in [0, 0.05) is 27.7 Å². The van der Waals surface area contributed by atoms with Crippen LogP contribution < -0.4 is 15.8 Å². The van der Waals surface area contributed by atoms with Crippen molar-refractivity contribution < 1.29 is 9.84 Å². The zero-order valence-corrected chi connectivity index (χ0v) is 16.1. The van der Waals surface area contributed by atoms with Crippen LogP contribution in [0.25, 0.3) is 0 Å². The normalized spacial score (nSPS) is 20.2. The Morgan fingerprint density at radius 3 is 2.54 bits per heavy atom. The minimum absolute atomic E-state index is 0.413. The molecule has 26 heavy (non-hydrogen) atoms. The topological polar surface area (TPSA) is 67.5 Å². The van der Waals surface area contributed by atoms with E-state index in [0.29, 0.717) is 12.4 Å². The van der Waals surface area contributed by atoms with Crippen LogP contribution >= 0.6 is 15.9 Å². The summed E-state index contributed by atoms with van der Waals surface area (Å²) in [5.74, 6) is 8.18. The molecule has 2 aromatic carbocycles. The van der Waals surface area contributed by atoms with Gasteiger partial charge in [-0.1, -0.05) is 27.8 Å². The maximum atomic E-state index is 9.88. The quantitative estimate of drug-likeness (QED) is 0.582. The number of benzene rings is 2. The van der Waals surface area contributed by atoms with Crippen molar-refractivity contribution in [1.82, 2.24) is 5.32 Å². The van der Waals surface area contributed by atoms with E-state index >= 15 is 0 Å². The van der Waals surface area contributed by atoms with Crippen LogP contribution in [-0.2, 0) is 5.41 Å². The molecule has 2 aliphatic heterocycles. The maximum absolute atomic E-state index is 9.88. The molecule has 2 heterocycles. The first-order valence-corrected chi connectivity index (χ1v) is 9.16. The molecule has 1 atom stereocenters. The summed E-state index contributed by atoms with van der Waals surface area (Å²) in [6.45, 7) is 3.99. The van der Waals surface area contributed by atoms with E-state index < -0.39 is 11.0 Å². The first kappa shape index (κ1) is 17.0. The molecule has 1 unspecified atom stereocenters. The zero-order chi connectivity index (χ0) is 18.5. The lowest BCUT2D eigenvalue weighted by atomic mass is 9.73. The first-order chi connectivity index (χ1) is 12.3. The molecule has 132 valence electrons. The molecule has 2 aliphatic rings. The van der Waals surface area contributed by atoms with Gasteiger partial charge in [-0.2, -0.15) is 0 Å². The monoisotopic (exact) mass is 410 g/mol. The number of aliphatic hydroxyl groups is 1. The molecule has 0 amide bonds. The molecule has 4 rings (SSSR count). The smallest absolute Gasteiger partial charge is 0.132 e. The summed E-state index contributed by atoms with van der Waals surface area (Å²) < 4.78 is 7.12. The number of halogens is 1. The summed E-state index contributed by atoms with van der Waals surface area (Å²) in [5.41, 5.74) is 7.52. The summed E-state index contributed by atoms with van der Waals surface area (Å²) in [4.78, 5) is 0. The number of hydrogen-bond acceptors (Lipinski definition) is 4. The third-order valence-corrected chi connectivity index (χ3v) is 5.08. The van der Waals surface area contributed by atoms with Gasteiger partial charge in [0.2, 0.25) is 0 Å². The Morgan fingerprint density at radius 2 is 1.88 bits per heavy atom. The van der Waals surface area contributed by atoms with Gasteiger partial charge in [-0.25, -0.2) is 0 Å². The standard InChI is InChI=1S/C21H19BrN2O2/c1-20(2,25)8-7-13-3-5-17-15(9-13)21(11-19(23)24-12-21)16-10-14(22)4-6-18(16)26-17/h3-6,9-11,24-25H,12,23H2,1-2H3. The van der Waals surface area contributed by atoms with E-state index in [0.717, 1.165) is 32.7 Å². The molecular formula is C21H19BrN2O2. The third kappa shape index (κ3) is 2.86. The highest BCUT2D eigenvalue weighted by Gasteiger charge is 2.43. The molecule has 0 saturated heterocycles. The SMILES string of the molecule is CC(C)(O)C#Cc1ccc2c(c1)C1(C=C(N)NC1)c1cc(Br)ccc1O2. The average Bonchev–Trinajstić information content (AvgIpc) is 2.96. The Hall–Kier alpha value is -2.42. The summed E-state index contributed by atoms with van der Waals surface area (Å²) >= 11 is 3.56. The van der Waals surface area contributed by atoms with Gasteiger partial charge >= 0.3 is 0 Å². The third-order valence-electron chi connectivity index (χ3n) is 4.59. The number of nitrogens with two attached hydrogens (primary N) is 1. The molecule has 2 aromatic rings. The van der Waals surface area contributed by atoms with Crippen molar-refractivity contribution in [1.29, 1.82) is 0 Å². The highest BCUT2D eigenvalue weighted by molar-refractivity contribution is 9.10. The minimum atomic E-state index is -1.04. The fourth-order valence-electron chi connectivity index (χ4n) is 3.43. The van der Waals surface area contributed by atoms with Crippen molar-refractivity contribution >= 4 is 15.9 Å². The first-order valence-electron chi connectivity index (χ1n) is 8.37. The van der Waals surface area contributed by atoms with Gasteiger partial charge < -0.3 is 20.9 Å². The van der Waals surface area contributed by atoms with Crippen molar-refractivity contribution in [3.8, 4) is 23.3 Å². The number of hydrogen-bond donors (Lipinski definition) is 3. The number of ether oxygens (including phenoxy) is 1. The maximum Gasteiger partial charge on any atom is 0.132 e. The number of fused-ring (bicyclic) bond motifs is 4. The summed E-state index contributed by atoms with van der Waals surface area (Å²) in [7, 11) is 0. The van der Waals surface area contributed by atoms with E-state index in [2.05, 4.69) is 39.2 Å².